The van der Waals surface area contributed by atoms with Gasteiger partial charge in [-0.2, -0.15) is 0 Å². The first kappa shape index (κ1) is 19.6. The molecule has 2 atom stereocenters. The van der Waals surface area contributed by atoms with E-state index in [9.17, 15) is 22.8 Å². The van der Waals surface area contributed by atoms with Crippen LogP contribution in [0.2, 0.25) is 0 Å². The van der Waals surface area contributed by atoms with Crippen molar-refractivity contribution in [1.82, 2.24) is 10.2 Å². The van der Waals surface area contributed by atoms with Crippen LogP contribution in [0.15, 0.2) is 29.8 Å². The van der Waals surface area contributed by atoms with Gasteiger partial charge in [0.25, 0.3) is 0 Å². The molecule has 2 fully saturated rings. The van der Waals surface area contributed by atoms with Crippen molar-refractivity contribution in [2.75, 3.05) is 7.11 Å². The maximum atomic E-state index is 12.7. The summed E-state index contributed by atoms with van der Waals surface area (Å²) in [7, 11) is 1.28. The predicted molar refractivity (Wildman–Crippen MR) is 96.9 cm³/mol. The van der Waals surface area contributed by atoms with Crippen LogP contribution in [0.3, 0.4) is 0 Å². The van der Waals surface area contributed by atoms with Gasteiger partial charge in [-0.1, -0.05) is 12.1 Å². The Kier molecular flexibility index (Phi) is 4.92. The quantitative estimate of drug-likeness (QED) is 0.770. The highest BCUT2D eigenvalue weighted by Gasteiger charge is 2.47. The summed E-state index contributed by atoms with van der Waals surface area (Å²) in [5, 5.41) is 2.97. The summed E-state index contributed by atoms with van der Waals surface area (Å²) < 4.78 is 46.1. The fraction of sp³-hybridized carbons (Fsp3) is 0.500. The molecule has 1 N–H and O–H groups in total. The van der Waals surface area contributed by atoms with Gasteiger partial charge in [0.05, 0.1) is 18.7 Å². The van der Waals surface area contributed by atoms with Gasteiger partial charge in [-0.15, -0.1) is 13.2 Å². The van der Waals surface area contributed by atoms with Gasteiger partial charge in [-0.3, -0.25) is 0 Å². The number of benzene rings is 1. The minimum absolute atomic E-state index is 0.0618. The van der Waals surface area contributed by atoms with Gasteiger partial charge in [-0.05, 0) is 55.4 Å². The molecule has 1 aliphatic carbocycles. The second-order valence-corrected chi connectivity index (χ2v) is 7.54. The van der Waals surface area contributed by atoms with Crippen LogP contribution >= 0.6 is 0 Å². The lowest BCUT2D eigenvalue weighted by Crippen LogP contribution is -2.51. The number of carbonyl (C=O) groups is 2. The first-order chi connectivity index (χ1) is 13.8. The highest BCUT2D eigenvalue weighted by Crippen LogP contribution is 2.44. The second kappa shape index (κ2) is 7.27. The van der Waals surface area contributed by atoms with Crippen molar-refractivity contribution in [2.45, 2.75) is 56.6 Å². The second-order valence-electron chi connectivity index (χ2n) is 7.54. The molecule has 156 valence electrons. The number of rotatable bonds is 4. The molecule has 0 spiro atoms. The van der Waals surface area contributed by atoms with E-state index in [0.717, 1.165) is 19.3 Å². The number of methoxy groups -OCH3 is 1. The molecule has 2 aliphatic heterocycles. The number of alkyl halides is 3. The first-order valence-electron chi connectivity index (χ1n) is 9.53. The molecule has 29 heavy (non-hydrogen) atoms. The van der Waals surface area contributed by atoms with Crippen molar-refractivity contribution in [1.29, 1.82) is 0 Å². The Labute approximate surface area is 165 Å². The summed E-state index contributed by atoms with van der Waals surface area (Å²) in [6.45, 7) is 0. The molecule has 3 aliphatic rings. The number of esters is 1. The average molecular weight is 410 g/mol. The SMILES string of the molecule is COC(=O)C1=C(c2ccc(OC(F)(F)F)cc2)CC2CCC1N2C(=O)NC1CC1. The van der Waals surface area contributed by atoms with Crippen molar-refractivity contribution < 1.29 is 32.2 Å². The maximum Gasteiger partial charge on any atom is 0.573 e. The number of hydrogen-bond donors (Lipinski definition) is 1. The molecule has 2 amide bonds. The van der Waals surface area contributed by atoms with Crippen LogP contribution < -0.4 is 10.1 Å². The van der Waals surface area contributed by atoms with Crippen LogP contribution in [-0.2, 0) is 9.53 Å². The first-order valence-corrected chi connectivity index (χ1v) is 9.53. The molecule has 1 saturated heterocycles. The van der Waals surface area contributed by atoms with Crippen LogP contribution in [0.5, 0.6) is 5.75 Å². The van der Waals surface area contributed by atoms with Gasteiger partial charge in [-0.25, -0.2) is 9.59 Å². The average Bonchev–Trinajstić information content (AvgIpc) is 3.42. The number of fused-ring (bicyclic) bond motifs is 2. The molecule has 2 heterocycles. The van der Waals surface area contributed by atoms with E-state index in [2.05, 4.69) is 10.1 Å². The third-order valence-corrected chi connectivity index (χ3v) is 5.58. The Balaban J connectivity index is 1.65. The van der Waals surface area contributed by atoms with E-state index in [1.54, 1.807) is 4.90 Å². The molecular weight excluding hydrogens is 389 g/mol. The summed E-state index contributed by atoms with van der Waals surface area (Å²) in [6.07, 6.45) is -0.998. The molecule has 6 nitrogen and oxygen atoms in total. The summed E-state index contributed by atoms with van der Waals surface area (Å²) in [5.74, 6) is -0.851. The molecule has 0 aromatic heterocycles. The fourth-order valence-electron chi connectivity index (χ4n) is 4.20. The van der Waals surface area contributed by atoms with E-state index < -0.39 is 18.4 Å². The predicted octanol–water partition coefficient (Wildman–Crippen LogP) is 3.62. The Bertz CT molecular complexity index is 846. The number of hydrogen-bond acceptors (Lipinski definition) is 4. The van der Waals surface area contributed by atoms with Crippen molar-refractivity contribution in [2.24, 2.45) is 0 Å². The summed E-state index contributed by atoms with van der Waals surface area (Å²) in [6, 6.07) is 5.01. The van der Waals surface area contributed by atoms with Crippen LogP contribution in [0.25, 0.3) is 5.57 Å². The van der Waals surface area contributed by atoms with Crippen LogP contribution in [0.4, 0.5) is 18.0 Å². The summed E-state index contributed by atoms with van der Waals surface area (Å²) >= 11 is 0. The molecule has 2 bridgehead atoms. The number of nitrogens with zero attached hydrogens (tertiary/aromatic N) is 1. The van der Waals surface area contributed by atoms with Gasteiger partial charge in [0.2, 0.25) is 0 Å². The largest absolute Gasteiger partial charge is 0.573 e. The van der Waals surface area contributed by atoms with E-state index in [0.29, 0.717) is 29.6 Å². The van der Waals surface area contributed by atoms with Crippen molar-refractivity contribution >= 4 is 17.6 Å². The Morgan fingerprint density at radius 1 is 1.10 bits per heavy atom. The maximum absolute atomic E-state index is 12.7. The van der Waals surface area contributed by atoms with Crippen molar-refractivity contribution in [3.63, 3.8) is 0 Å². The van der Waals surface area contributed by atoms with Gasteiger partial charge in [0.1, 0.15) is 5.75 Å². The zero-order chi connectivity index (χ0) is 20.8. The normalized spacial score (nSPS) is 23.8. The molecule has 1 saturated carbocycles. The number of urea groups is 1. The third kappa shape index (κ3) is 4.04. The lowest BCUT2D eigenvalue weighted by atomic mass is 9.88. The van der Waals surface area contributed by atoms with E-state index >= 15 is 0 Å². The zero-order valence-corrected chi connectivity index (χ0v) is 15.8. The van der Waals surface area contributed by atoms with E-state index in [1.165, 1.54) is 31.4 Å². The molecule has 9 heteroatoms. The lowest BCUT2D eigenvalue weighted by Gasteiger charge is -2.37. The minimum Gasteiger partial charge on any atom is -0.466 e. The third-order valence-electron chi connectivity index (χ3n) is 5.58. The Morgan fingerprint density at radius 2 is 1.79 bits per heavy atom. The molecule has 1 aromatic rings. The van der Waals surface area contributed by atoms with Crippen molar-refractivity contribution in [3.05, 3.63) is 35.4 Å². The number of halogens is 3. The standard InChI is InChI=1S/C20H21F3N2O4/c1-28-18(26)17-15(11-2-7-14(8-3-11)29-20(21,22)23)10-13-6-9-16(17)25(13)19(27)24-12-4-5-12/h2-3,7-8,12-13,16H,4-6,9-10H2,1H3,(H,24,27). The molecular formula is C20H21F3N2O4. The minimum atomic E-state index is -4.77. The van der Waals surface area contributed by atoms with Crippen LogP contribution in [-0.4, -0.2) is 48.5 Å². The number of carbonyl (C=O) groups excluding carboxylic acids is 2. The molecule has 2 unspecified atom stereocenters. The molecule has 1 aromatic carbocycles. The number of nitrogens with one attached hydrogen (secondary N) is 1. The van der Waals surface area contributed by atoms with Gasteiger partial charge in [0, 0.05) is 12.1 Å². The van der Waals surface area contributed by atoms with E-state index in [1.807, 2.05) is 0 Å². The van der Waals surface area contributed by atoms with Gasteiger partial charge in [0.15, 0.2) is 0 Å². The highest BCUT2D eigenvalue weighted by atomic mass is 19.4. The van der Waals surface area contributed by atoms with E-state index in [4.69, 9.17) is 4.74 Å². The van der Waals surface area contributed by atoms with Gasteiger partial charge >= 0.3 is 18.4 Å². The van der Waals surface area contributed by atoms with Crippen LogP contribution in [0.1, 0.15) is 37.7 Å². The monoisotopic (exact) mass is 410 g/mol. The fourth-order valence-corrected chi connectivity index (χ4v) is 4.20. The number of amides is 2. The molecule has 4 rings (SSSR count). The summed E-state index contributed by atoms with van der Waals surface area (Å²) in [5.41, 5.74) is 1.73. The van der Waals surface area contributed by atoms with E-state index in [-0.39, 0.29) is 23.9 Å². The topological polar surface area (TPSA) is 67.9 Å². The van der Waals surface area contributed by atoms with Crippen LogP contribution in [0, 0.1) is 0 Å². The smallest absolute Gasteiger partial charge is 0.466 e. The Morgan fingerprint density at radius 3 is 2.38 bits per heavy atom. The molecule has 0 radical (unpaired) electrons. The lowest BCUT2D eigenvalue weighted by molar-refractivity contribution is -0.274. The highest BCUT2D eigenvalue weighted by molar-refractivity contribution is 6.01. The Hall–Kier alpha value is -2.71. The van der Waals surface area contributed by atoms with Gasteiger partial charge < -0.3 is 19.7 Å². The number of ether oxygens (including phenoxy) is 2. The zero-order valence-electron chi connectivity index (χ0n) is 15.8. The van der Waals surface area contributed by atoms with Crippen molar-refractivity contribution in [3.8, 4) is 5.75 Å². The summed E-state index contributed by atoms with van der Waals surface area (Å²) in [4.78, 5) is 27.0.